The highest BCUT2D eigenvalue weighted by Gasteiger charge is 2.30. The molecule has 0 heterocycles. The van der Waals surface area contributed by atoms with E-state index in [9.17, 15) is 18.0 Å². The molecule has 3 aromatic rings. The number of nitrogens with one attached hydrogen (secondary N) is 1. The van der Waals surface area contributed by atoms with E-state index in [-0.39, 0.29) is 37.7 Å². The molecule has 0 unspecified atom stereocenters. The van der Waals surface area contributed by atoms with E-state index in [1.54, 1.807) is 29.2 Å². The Balaban J connectivity index is 1.88. The Labute approximate surface area is 243 Å². The lowest BCUT2D eigenvalue weighted by Crippen LogP contribution is -2.50. The molecule has 0 aliphatic heterocycles. The third-order valence-corrected chi connectivity index (χ3v) is 8.10. The first kappa shape index (κ1) is 31.2. The van der Waals surface area contributed by atoms with Crippen LogP contribution in [0.25, 0.3) is 0 Å². The van der Waals surface area contributed by atoms with Crippen LogP contribution in [0.5, 0.6) is 0 Å². The maximum Gasteiger partial charge on any atom is 0.243 e. The number of rotatable bonds is 14. The Morgan fingerprint density at radius 3 is 2.33 bits per heavy atom. The van der Waals surface area contributed by atoms with E-state index in [4.69, 9.17) is 11.6 Å². The Morgan fingerprint density at radius 1 is 0.975 bits per heavy atom. The van der Waals surface area contributed by atoms with Crippen LogP contribution in [0.2, 0.25) is 5.02 Å². The van der Waals surface area contributed by atoms with E-state index in [2.05, 4.69) is 5.32 Å². The van der Waals surface area contributed by atoms with Crippen LogP contribution in [0.1, 0.15) is 42.9 Å². The van der Waals surface area contributed by atoms with Crippen molar-refractivity contribution in [1.82, 2.24) is 10.2 Å². The second-order valence-electron chi connectivity index (χ2n) is 9.86. The second kappa shape index (κ2) is 14.9. The molecule has 0 saturated carbocycles. The third kappa shape index (κ3) is 9.10. The largest absolute Gasteiger partial charge is 0.354 e. The molecular weight excluding hydrogens is 546 g/mol. The minimum Gasteiger partial charge on any atom is -0.354 e. The number of sulfonamides is 1. The zero-order valence-electron chi connectivity index (χ0n) is 23.3. The van der Waals surface area contributed by atoms with E-state index in [1.807, 2.05) is 68.4 Å². The van der Waals surface area contributed by atoms with E-state index < -0.39 is 16.1 Å². The Morgan fingerprint density at radius 2 is 1.68 bits per heavy atom. The lowest BCUT2D eigenvalue weighted by Gasteiger charge is -2.32. The molecule has 0 fully saturated rings. The van der Waals surface area contributed by atoms with Gasteiger partial charge in [-0.05, 0) is 54.7 Å². The number of hydrogen-bond acceptors (Lipinski definition) is 4. The van der Waals surface area contributed by atoms with Gasteiger partial charge in [0.15, 0.2) is 0 Å². The summed E-state index contributed by atoms with van der Waals surface area (Å²) in [5.41, 5.74) is 3.37. The number of hydrogen-bond donors (Lipinski definition) is 1. The zero-order valence-corrected chi connectivity index (χ0v) is 24.9. The fraction of sp³-hybridized carbons (Fsp3) is 0.355. The van der Waals surface area contributed by atoms with Crippen LogP contribution in [0.4, 0.5) is 5.69 Å². The van der Waals surface area contributed by atoms with Crippen molar-refractivity contribution in [3.63, 3.8) is 0 Å². The summed E-state index contributed by atoms with van der Waals surface area (Å²) >= 11 is 6.10. The number of carbonyl (C=O) groups excluding carboxylic acids is 2. The number of halogens is 1. The normalized spacial score (nSPS) is 12.0. The molecule has 40 heavy (non-hydrogen) atoms. The van der Waals surface area contributed by atoms with Gasteiger partial charge in [0.25, 0.3) is 0 Å². The van der Waals surface area contributed by atoms with Gasteiger partial charge in [0, 0.05) is 37.5 Å². The molecule has 214 valence electrons. The van der Waals surface area contributed by atoms with Gasteiger partial charge >= 0.3 is 0 Å². The topological polar surface area (TPSA) is 86.8 Å². The van der Waals surface area contributed by atoms with E-state index in [0.717, 1.165) is 29.4 Å². The van der Waals surface area contributed by atoms with Crippen LogP contribution in [0.15, 0.2) is 78.9 Å². The van der Waals surface area contributed by atoms with Crippen molar-refractivity contribution < 1.29 is 18.0 Å². The molecule has 2 amide bonds. The molecule has 3 aromatic carbocycles. The fourth-order valence-corrected chi connectivity index (χ4v) is 5.67. The average molecular weight is 584 g/mol. The highest BCUT2D eigenvalue weighted by Crippen LogP contribution is 2.23. The van der Waals surface area contributed by atoms with Crippen molar-refractivity contribution in [2.75, 3.05) is 23.7 Å². The van der Waals surface area contributed by atoms with Gasteiger partial charge in [-0.25, -0.2) is 8.42 Å². The first-order chi connectivity index (χ1) is 19.1. The number of anilines is 1. The Hall–Kier alpha value is -3.36. The molecule has 9 heteroatoms. The van der Waals surface area contributed by atoms with Crippen molar-refractivity contribution in [3.8, 4) is 0 Å². The Kier molecular flexibility index (Phi) is 11.6. The fourth-order valence-electron chi connectivity index (χ4n) is 4.53. The SMILES string of the molecule is CCCNC(=O)[C@H](Cc1ccccc1)N(Cc1ccccc1C)C(=O)CCCN(c1cccc(Cl)c1)S(C)(=O)=O. The van der Waals surface area contributed by atoms with Gasteiger partial charge in [-0.2, -0.15) is 0 Å². The summed E-state index contributed by atoms with van der Waals surface area (Å²) in [4.78, 5) is 28.9. The summed E-state index contributed by atoms with van der Waals surface area (Å²) in [7, 11) is -3.60. The van der Waals surface area contributed by atoms with Crippen LogP contribution < -0.4 is 9.62 Å². The van der Waals surface area contributed by atoms with Crippen LogP contribution in [0, 0.1) is 6.92 Å². The van der Waals surface area contributed by atoms with Gasteiger partial charge < -0.3 is 10.2 Å². The summed E-state index contributed by atoms with van der Waals surface area (Å²) in [6, 6.07) is 23.4. The lowest BCUT2D eigenvalue weighted by molar-refractivity contribution is -0.141. The highest BCUT2D eigenvalue weighted by molar-refractivity contribution is 7.92. The summed E-state index contributed by atoms with van der Waals surface area (Å²) in [5.74, 6) is -0.417. The van der Waals surface area contributed by atoms with E-state index >= 15 is 0 Å². The number of benzene rings is 3. The van der Waals surface area contributed by atoms with Crippen LogP contribution in [-0.4, -0.2) is 50.5 Å². The van der Waals surface area contributed by atoms with Gasteiger partial charge in [-0.3, -0.25) is 13.9 Å². The molecule has 0 spiro atoms. The van der Waals surface area contributed by atoms with E-state index in [1.165, 1.54) is 4.31 Å². The zero-order chi connectivity index (χ0) is 29.1. The molecular formula is C31H38ClN3O4S. The summed E-state index contributed by atoms with van der Waals surface area (Å²) in [6.45, 7) is 4.85. The average Bonchev–Trinajstić information content (AvgIpc) is 2.92. The second-order valence-corrected chi connectivity index (χ2v) is 12.2. The maximum atomic E-state index is 13.8. The number of carbonyl (C=O) groups is 2. The predicted octanol–water partition coefficient (Wildman–Crippen LogP) is 5.36. The van der Waals surface area contributed by atoms with Crippen LogP contribution >= 0.6 is 11.6 Å². The molecule has 1 N–H and O–H groups in total. The third-order valence-electron chi connectivity index (χ3n) is 6.67. The summed E-state index contributed by atoms with van der Waals surface area (Å²) in [6.07, 6.45) is 2.63. The first-order valence-corrected chi connectivity index (χ1v) is 15.7. The van der Waals surface area contributed by atoms with Crippen molar-refractivity contribution in [2.24, 2.45) is 0 Å². The highest BCUT2D eigenvalue weighted by atomic mass is 35.5. The number of nitrogens with zero attached hydrogens (tertiary/aromatic N) is 2. The summed E-state index contributed by atoms with van der Waals surface area (Å²) in [5, 5.41) is 3.40. The molecule has 0 aliphatic carbocycles. The predicted molar refractivity (Wildman–Crippen MR) is 162 cm³/mol. The summed E-state index contributed by atoms with van der Waals surface area (Å²) < 4.78 is 26.4. The molecule has 1 atom stereocenters. The molecule has 7 nitrogen and oxygen atoms in total. The van der Waals surface area contributed by atoms with Gasteiger partial charge in [0.05, 0.1) is 11.9 Å². The molecule has 0 radical (unpaired) electrons. The van der Waals surface area contributed by atoms with Crippen LogP contribution in [-0.2, 0) is 32.6 Å². The molecule has 0 aromatic heterocycles. The molecule has 0 bridgehead atoms. The van der Waals surface area contributed by atoms with Gasteiger partial charge in [-0.15, -0.1) is 0 Å². The Bertz CT molecular complexity index is 1380. The standard InChI is InChI=1S/C31H38ClN3O4S/c1-4-19-33-31(37)29(21-25-13-6-5-7-14-25)34(23-26-15-9-8-12-24(26)2)30(36)18-11-20-35(40(3,38)39)28-17-10-16-27(32)22-28/h5-10,12-17,22,29H,4,11,18-21,23H2,1-3H3,(H,33,37)/t29-/m0/s1. The van der Waals surface area contributed by atoms with Crippen molar-refractivity contribution in [2.45, 2.75) is 52.1 Å². The monoisotopic (exact) mass is 583 g/mol. The number of amides is 2. The number of aryl methyl sites for hydroxylation is 1. The maximum absolute atomic E-state index is 13.8. The van der Waals surface area contributed by atoms with Gasteiger partial charge in [0.1, 0.15) is 6.04 Å². The van der Waals surface area contributed by atoms with Crippen molar-refractivity contribution >= 4 is 39.1 Å². The van der Waals surface area contributed by atoms with Crippen molar-refractivity contribution in [3.05, 3.63) is 101 Å². The lowest BCUT2D eigenvalue weighted by atomic mass is 10.0. The first-order valence-electron chi connectivity index (χ1n) is 13.5. The van der Waals surface area contributed by atoms with E-state index in [0.29, 0.717) is 23.7 Å². The van der Waals surface area contributed by atoms with Crippen LogP contribution in [0.3, 0.4) is 0 Å². The van der Waals surface area contributed by atoms with Crippen molar-refractivity contribution in [1.29, 1.82) is 0 Å². The minimum atomic E-state index is -3.60. The quantitative estimate of drug-likeness (QED) is 0.277. The molecule has 0 aliphatic rings. The van der Waals surface area contributed by atoms with Gasteiger partial charge in [-0.1, -0.05) is 79.2 Å². The molecule has 3 rings (SSSR count). The van der Waals surface area contributed by atoms with Gasteiger partial charge in [0.2, 0.25) is 21.8 Å². The minimum absolute atomic E-state index is 0.0742. The smallest absolute Gasteiger partial charge is 0.243 e. The molecule has 0 saturated heterocycles.